The number of nitrogens with two attached hydrogens (primary N) is 4. The van der Waals surface area contributed by atoms with Crippen molar-refractivity contribution in [1.29, 1.82) is 0 Å². The second kappa shape index (κ2) is 9.39. The van der Waals surface area contributed by atoms with Crippen LogP contribution in [0.25, 0.3) is 0 Å². The van der Waals surface area contributed by atoms with Gasteiger partial charge in [-0.15, -0.1) is 0 Å². The summed E-state index contributed by atoms with van der Waals surface area (Å²) in [5.74, 6) is 0.875. The summed E-state index contributed by atoms with van der Waals surface area (Å²) < 4.78 is 0. The molecule has 8 N–H and O–H groups in total. The predicted molar refractivity (Wildman–Crippen MR) is 88.5 cm³/mol. The van der Waals surface area contributed by atoms with Crippen molar-refractivity contribution in [3.05, 3.63) is 49.1 Å². The van der Waals surface area contributed by atoms with Crippen LogP contribution in [0.3, 0.4) is 0 Å². The first-order valence-corrected chi connectivity index (χ1v) is 6.37. The van der Waals surface area contributed by atoms with Gasteiger partial charge in [0.2, 0.25) is 11.9 Å². The fourth-order valence-corrected chi connectivity index (χ4v) is 1.29. The Morgan fingerprint density at radius 3 is 1.39 bits per heavy atom. The Morgan fingerprint density at radius 2 is 1.13 bits per heavy atom. The minimum absolute atomic E-state index is 0.167. The van der Waals surface area contributed by atoms with Crippen molar-refractivity contribution in [3.8, 4) is 0 Å². The number of hydrogen-bond acceptors (Lipinski definition) is 10. The SMILES string of the molecule is Cc1nc(N)nc(N)n1.Nc1cccc(N)c1.c1ncncn1. The second-order valence-corrected chi connectivity index (χ2v) is 4.06. The van der Waals surface area contributed by atoms with Gasteiger partial charge in [0.05, 0.1) is 0 Å². The van der Waals surface area contributed by atoms with E-state index in [0.717, 1.165) is 0 Å². The van der Waals surface area contributed by atoms with Gasteiger partial charge in [-0.3, -0.25) is 0 Å². The molecule has 0 atom stereocenters. The lowest BCUT2D eigenvalue weighted by atomic mass is 10.3. The summed E-state index contributed by atoms with van der Waals surface area (Å²) in [6.45, 7) is 1.70. The zero-order valence-corrected chi connectivity index (χ0v) is 12.5. The molecule has 3 rings (SSSR count). The van der Waals surface area contributed by atoms with Crippen LogP contribution in [0.1, 0.15) is 5.82 Å². The molecular weight excluding hydrogens is 296 g/mol. The summed E-state index contributed by atoms with van der Waals surface area (Å²) in [5, 5.41) is 0. The lowest BCUT2D eigenvalue weighted by Gasteiger charge is -1.93. The highest BCUT2D eigenvalue weighted by Crippen LogP contribution is 2.06. The molecule has 10 heteroatoms. The molecule has 1 aromatic carbocycles. The van der Waals surface area contributed by atoms with Gasteiger partial charge in [-0.05, 0) is 25.1 Å². The largest absolute Gasteiger partial charge is 0.399 e. The first-order chi connectivity index (χ1) is 11.0. The highest BCUT2D eigenvalue weighted by molar-refractivity contribution is 5.50. The molecule has 23 heavy (non-hydrogen) atoms. The molecule has 10 nitrogen and oxygen atoms in total. The lowest BCUT2D eigenvalue weighted by molar-refractivity contribution is 1.00. The Labute approximate surface area is 133 Å². The maximum Gasteiger partial charge on any atom is 0.225 e. The predicted octanol–water partition coefficient (Wildman–Crippen LogP) is 0.0670. The Hall–Kier alpha value is -3.56. The van der Waals surface area contributed by atoms with E-state index in [9.17, 15) is 0 Å². The molecule has 2 heterocycles. The van der Waals surface area contributed by atoms with Gasteiger partial charge in [0.1, 0.15) is 24.8 Å². The normalized spacial score (nSPS) is 8.91. The first kappa shape index (κ1) is 17.5. The van der Waals surface area contributed by atoms with E-state index in [1.165, 1.54) is 19.0 Å². The third-order valence-electron chi connectivity index (χ3n) is 2.09. The van der Waals surface area contributed by atoms with E-state index in [-0.39, 0.29) is 11.9 Å². The van der Waals surface area contributed by atoms with Crippen LogP contribution < -0.4 is 22.9 Å². The van der Waals surface area contributed by atoms with Crippen molar-refractivity contribution in [2.24, 2.45) is 0 Å². The van der Waals surface area contributed by atoms with E-state index in [0.29, 0.717) is 17.2 Å². The maximum atomic E-state index is 5.38. The summed E-state index contributed by atoms with van der Waals surface area (Å²) in [7, 11) is 0. The number of anilines is 4. The lowest BCUT2D eigenvalue weighted by Crippen LogP contribution is -2.03. The Balaban J connectivity index is 0.000000176. The van der Waals surface area contributed by atoms with Crippen molar-refractivity contribution in [2.45, 2.75) is 6.92 Å². The van der Waals surface area contributed by atoms with E-state index >= 15 is 0 Å². The van der Waals surface area contributed by atoms with Crippen LogP contribution in [0.5, 0.6) is 0 Å². The number of benzene rings is 1. The Bertz CT molecular complexity index is 610. The van der Waals surface area contributed by atoms with Gasteiger partial charge < -0.3 is 22.9 Å². The number of rotatable bonds is 0. The minimum Gasteiger partial charge on any atom is -0.399 e. The van der Waals surface area contributed by atoms with Crippen LogP contribution >= 0.6 is 0 Å². The quantitative estimate of drug-likeness (QED) is 0.414. The molecule has 0 fully saturated rings. The maximum absolute atomic E-state index is 5.38. The molecule has 0 saturated carbocycles. The number of aryl methyl sites for hydroxylation is 1. The highest BCUT2D eigenvalue weighted by Gasteiger charge is 1.93. The summed E-state index contributed by atoms with van der Waals surface area (Å²) in [4.78, 5) is 21.7. The fraction of sp³-hybridized carbons (Fsp3) is 0.0769. The molecule has 3 aromatic rings. The molecule has 0 aliphatic rings. The van der Waals surface area contributed by atoms with Gasteiger partial charge >= 0.3 is 0 Å². The number of nitrogen functional groups attached to an aromatic ring is 4. The third kappa shape index (κ3) is 8.34. The van der Waals surface area contributed by atoms with Gasteiger partial charge in [-0.2, -0.15) is 15.0 Å². The van der Waals surface area contributed by atoms with Gasteiger partial charge in [0, 0.05) is 11.4 Å². The molecule has 0 spiro atoms. The van der Waals surface area contributed by atoms with Crippen molar-refractivity contribution < 1.29 is 0 Å². The van der Waals surface area contributed by atoms with Crippen LogP contribution in [0.4, 0.5) is 23.3 Å². The van der Waals surface area contributed by atoms with E-state index in [2.05, 4.69) is 29.9 Å². The van der Waals surface area contributed by atoms with Crippen molar-refractivity contribution in [2.75, 3.05) is 22.9 Å². The van der Waals surface area contributed by atoms with Gasteiger partial charge in [-0.25, -0.2) is 15.0 Å². The summed E-state index contributed by atoms with van der Waals surface area (Å²) in [6, 6.07) is 7.15. The molecule has 0 aliphatic carbocycles. The minimum atomic E-state index is 0.167. The molecule has 0 aliphatic heterocycles. The molecule has 0 saturated heterocycles. The first-order valence-electron chi connectivity index (χ1n) is 6.37. The monoisotopic (exact) mass is 314 g/mol. The third-order valence-corrected chi connectivity index (χ3v) is 2.09. The molecule has 0 radical (unpaired) electrons. The average molecular weight is 314 g/mol. The zero-order chi connectivity index (χ0) is 17.1. The molecule has 0 bridgehead atoms. The van der Waals surface area contributed by atoms with E-state index < -0.39 is 0 Å². The number of hydrogen-bond donors (Lipinski definition) is 4. The van der Waals surface area contributed by atoms with Crippen LogP contribution in [-0.4, -0.2) is 29.9 Å². The van der Waals surface area contributed by atoms with E-state index in [1.54, 1.807) is 25.1 Å². The Kier molecular flexibility index (Phi) is 7.14. The smallest absolute Gasteiger partial charge is 0.225 e. The number of nitrogens with zero attached hydrogens (tertiary/aromatic N) is 6. The topological polar surface area (TPSA) is 181 Å². The van der Waals surface area contributed by atoms with Crippen molar-refractivity contribution in [1.82, 2.24) is 29.9 Å². The van der Waals surface area contributed by atoms with Gasteiger partial charge in [-0.1, -0.05) is 6.07 Å². The molecule has 2 aromatic heterocycles. The van der Waals surface area contributed by atoms with Crippen LogP contribution in [0.15, 0.2) is 43.2 Å². The van der Waals surface area contributed by atoms with E-state index in [4.69, 9.17) is 22.9 Å². The van der Waals surface area contributed by atoms with Gasteiger partial charge in [0.25, 0.3) is 0 Å². The fourth-order valence-electron chi connectivity index (χ4n) is 1.29. The van der Waals surface area contributed by atoms with E-state index in [1.807, 2.05) is 6.07 Å². The van der Waals surface area contributed by atoms with Crippen molar-refractivity contribution in [3.63, 3.8) is 0 Å². The van der Waals surface area contributed by atoms with Crippen LogP contribution in [0.2, 0.25) is 0 Å². The molecular formula is C13H18N10. The molecule has 120 valence electrons. The van der Waals surface area contributed by atoms with Crippen LogP contribution in [0, 0.1) is 6.92 Å². The molecule has 0 amide bonds. The van der Waals surface area contributed by atoms with Crippen LogP contribution in [-0.2, 0) is 0 Å². The highest BCUT2D eigenvalue weighted by atomic mass is 15.1. The van der Waals surface area contributed by atoms with Gasteiger partial charge in [0.15, 0.2) is 0 Å². The summed E-state index contributed by atoms with van der Waals surface area (Å²) in [6.07, 6.45) is 4.31. The van der Waals surface area contributed by atoms with Crippen molar-refractivity contribution >= 4 is 23.3 Å². The average Bonchev–Trinajstić information content (AvgIpc) is 2.48. The second-order valence-electron chi connectivity index (χ2n) is 4.06. The summed E-state index contributed by atoms with van der Waals surface area (Å²) >= 11 is 0. The molecule has 0 unspecified atom stereocenters. The Morgan fingerprint density at radius 1 is 0.696 bits per heavy atom. The number of aromatic nitrogens is 6. The standard InChI is InChI=1S/C6H8N2.C4H7N5.C3H3N3/c7-5-2-1-3-6(8)4-5;1-2-7-3(5)9-4(6)8-2;1-4-2-6-3-5-1/h1-4H,7-8H2;1H3,(H4,5,6,7,8,9);1-3H. The zero-order valence-electron chi connectivity index (χ0n) is 12.5. The summed E-state index contributed by atoms with van der Waals surface area (Å²) in [5.41, 5.74) is 22.6.